The number of halogens is 3. The van der Waals surface area contributed by atoms with Gasteiger partial charge in [0.25, 0.3) is 5.91 Å². The van der Waals surface area contributed by atoms with Gasteiger partial charge in [-0.2, -0.15) is 18.3 Å². The Morgan fingerprint density at radius 2 is 2.08 bits per heavy atom. The topological polar surface area (TPSA) is 50.2 Å². The standard InChI is InChI=1S/C16H17F3N4OS/c17-16(18,19)13-8-10(12-4-3-7-25-12)20-14-9-11(21-23(13)14)15(24)22-5-1-2-6-22/h3-4,7,9-10,13,20H,1-2,5-6,8H2. The summed E-state index contributed by atoms with van der Waals surface area (Å²) in [5.74, 6) is -0.0516. The Labute approximate surface area is 146 Å². The number of carbonyl (C=O) groups is 1. The Bertz CT molecular complexity index is 765. The first-order valence-corrected chi connectivity index (χ1v) is 9.07. The highest BCUT2D eigenvalue weighted by Gasteiger charge is 2.47. The number of carbonyl (C=O) groups excluding carboxylic acids is 1. The first kappa shape index (κ1) is 16.4. The van der Waals surface area contributed by atoms with Crippen molar-refractivity contribution in [3.8, 4) is 0 Å². The predicted molar refractivity (Wildman–Crippen MR) is 87.8 cm³/mol. The summed E-state index contributed by atoms with van der Waals surface area (Å²) in [5.41, 5.74) is 0.0745. The van der Waals surface area contributed by atoms with Gasteiger partial charge in [0.15, 0.2) is 11.7 Å². The summed E-state index contributed by atoms with van der Waals surface area (Å²) in [6, 6.07) is 2.90. The van der Waals surface area contributed by atoms with Gasteiger partial charge in [-0.25, -0.2) is 4.68 Å². The normalized spacial score (nSPS) is 23.4. The molecular formula is C16H17F3N4OS. The van der Waals surface area contributed by atoms with Crippen molar-refractivity contribution in [1.29, 1.82) is 0 Å². The molecule has 2 aliphatic rings. The van der Waals surface area contributed by atoms with Crippen LogP contribution in [-0.2, 0) is 0 Å². The highest BCUT2D eigenvalue weighted by molar-refractivity contribution is 7.10. The van der Waals surface area contributed by atoms with Crippen LogP contribution >= 0.6 is 11.3 Å². The lowest BCUT2D eigenvalue weighted by Gasteiger charge is -2.32. The van der Waals surface area contributed by atoms with Crippen LogP contribution in [0.2, 0.25) is 0 Å². The molecule has 1 N–H and O–H groups in total. The van der Waals surface area contributed by atoms with Crippen LogP contribution in [0.25, 0.3) is 0 Å². The fourth-order valence-corrected chi connectivity index (χ4v) is 4.23. The van der Waals surface area contributed by atoms with Crippen molar-refractivity contribution in [3.05, 3.63) is 34.2 Å². The van der Waals surface area contributed by atoms with Crippen LogP contribution in [0.4, 0.5) is 19.0 Å². The molecule has 2 aromatic heterocycles. The van der Waals surface area contributed by atoms with Crippen molar-refractivity contribution in [2.45, 2.75) is 37.5 Å². The molecule has 2 aliphatic heterocycles. The van der Waals surface area contributed by atoms with E-state index in [1.807, 2.05) is 17.5 Å². The average Bonchev–Trinajstić information content (AvgIpc) is 3.32. The smallest absolute Gasteiger partial charge is 0.363 e. The van der Waals surface area contributed by atoms with Gasteiger partial charge in [-0.3, -0.25) is 4.79 Å². The largest absolute Gasteiger partial charge is 0.410 e. The Balaban J connectivity index is 1.68. The van der Waals surface area contributed by atoms with Gasteiger partial charge in [-0.1, -0.05) is 6.07 Å². The lowest BCUT2D eigenvalue weighted by atomic mass is 10.0. The molecule has 25 heavy (non-hydrogen) atoms. The lowest BCUT2D eigenvalue weighted by Crippen LogP contribution is -2.35. The zero-order chi connectivity index (χ0) is 17.6. The number of anilines is 1. The number of thiophene rings is 1. The number of fused-ring (bicyclic) bond motifs is 1. The summed E-state index contributed by atoms with van der Waals surface area (Å²) in [5, 5.41) is 8.95. The number of rotatable bonds is 2. The minimum atomic E-state index is -4.42. The second kappa shape index (κ2) is 6.05. The van der Waals surface area contributed by atoms with Gasteiger partial charge in [-0.05, 0) is 24.3 Å². The van der Waals surface area contributed by atoms with E-state index in [-0.39, 0.29) is 23.8 Å². The maximum Gasteiger partial charge on any atom is 0.410 e. The molecule has 1 saturated heterocycles. The molecule has 0 saturated carbocycles. The summed E-state index contributed by atoms with van der Waals surface area (Å²) < 4.78 is 41.6. The van der Waals surface area contributed by atoms with Crippen molar-refractivity contribution in [2.24, 2.45) is 0 Å². The third-order valence-corrected chi connectivity index (χ3v) is 5.67. The van der Waals surface area contributed by atoms with Crippen molar-refractivity contribution < 1.29 is 18.0 Å². The monoisotopic (exact) mass is 370 g/mol. The van der Waals surface area contributed by atoms with Crippen LogP contribution in [0.15, 0.2) is 23.6 Å². The molecule has 0 spiro atoms. The fourth-order valence-electron chi connectivity index (χ4n) is 3.44. The Morgan fingerprint density at radius 3 is 2.72 bits per heavy atom. The molecule has 9 heteroatoms. The third kappa shape index (κ3) is 3.01. The SMILES string of the molecule is O=C(c1cc2n(n1)C(C(F)(F)F)CC(c1cccs1)N2)N1CCCC1. The van der Waals surface area contributed by atoms with E-state index in [1.54, 1.807) is 4.90 Å². The van der Waals surface area contributed by atoms with Crippen LogP contribution < -0.4 is 5.32 Å². The van der Waals surface area contributed by atoms with Gasteiger partial charge < -0.3 is 10.2 Å². The van der Waals surface area contributed by atoms with Gasteiger partial charge >= 0.3 is 6.18 Å². The Kier molecular flexibility index (Phi) is 3.98. The molecule has 1 amide bonds. The maximum absolute atomic E-state index is 13.6. The molecule has 1 fully saturated rings. The van der Waals surface area contributed by atoms with Crippen molar-refractivity contribution >= 4 is 23.1 Å². The summed E-state index contributed by atoms with van der Waals surface area (Å²) >= 11 is 1.42. The van der Waals surface area contributed by atoms with Gasteiger partial charge in [0.05, 0.1) is 6.04 Å². The number of amides is 1. The Morgan fingerprint density at radius 1 is 1.32 bits per heavy atom. The highest BCUT2D eigenvalue weighted by Crippen LogP contribution is 2.44. The zero-order valence-electron chi connectivity index (χ0n) is 13.3. The van der Waals surface area contributed by atoms with E-state index in [1.165, 1.54) is 17.4 Å². The molecule has 134 valence electrons. The molecule has 4 rings (SSSR count). The molecular weight excluding hydrogens is 353 g/mol. The van der Waals surface area contributed by atoms with Crippen molar-refractivity contribution in [2.75, 3.05) is 18.4 Å². The van der Waals surface area contributed by atoms with E-state index in [9.17, 15) is 18.0 Å². The summed E-state index contributed by atoms with van der Waals surface area (Å²) in [4.78, 5) is 15.0. The van der Waals surface area contributed by atoms with E-state index in [0.29, 0.717) is 13.1 Å². The molecule has 0 bridgehead atoms. The number of hydrogen-bond donors (Lipinski definition) is 1. The quantitative estimate of drug-likeness (QED) is 0.874. The molecule has 2 atom stereocenters. The van der Waals surface area contributed by atoms with Crippen LogP contribution in [0.5, 0.6) is 0 Å². The van der Waals surface area contributed by atoms with Crippen LogP contribution in [0.3, 0.4) is 0 Å². The number of hydrogen-bond acceptors (Lipinski definition) is 4. The number of aromatic nitrogens is 2. The molecule has 0 aromatic carbocycles. The van der Waals surface area contributed by atoms with E-state index < -0.39 is 18.3 Å². The predicted octanol–water partition coefficient (Wildman–Crippen LogP) is 3.84. The second-order valence-corrected chi connectivity index (χ2v) is 7.34. The third-order valence-electron chi connectivity index (χ3n) is 4.69. The average molecular weight is 370 g/mol. The minimum absolute atomic E-state index is 0.0745. The number of nitrogens with zero attached hydrogens (tertiary/aromatic N) is 3. The molecule has 2 aromatic rings. The summed E-state index contributed by atoms with van der Waals surface area (Å²) in [6.45, 7) is 1.27. The van der Waals surface area contributed by atoms with Crippen molar-refractivity contribution in [1.82, 2.24) is 14.7 Å². The summed E-state index contributed by atoms with van der Waals surface area (Å²) in [7, 11) is 0. The number of alkyl halides is 3. The van der Waals surface area contributed by atoms with Crippen molar-refractivity contribution in [3.63, 3.8) is 0 Å². The first-order chi connectivity index (χ1) is 11.9. The van der Waals surface area contributed by atoms with Crippen LogP contribution in [0, 0.1) is 0 Å². The summed E-state index contributed by atoms with van der Waals surface area (Å²) in [6.07, 6.45) is -2.73. The molecule has 0 aliphatic carbocycles. The van der Waals surface area contributed by atoms with Gasteiger partial charge in [0.1, 0.15) is 5.82 Å². The molecule has 4 heterocycles. The van der Waals surface area contributed by atoms with E-state index >= 15 is 0 Å². The van der Waals surface area contributed by atoms with Gasteiger partial charge in [0, 0.05) is 30.5 Å². The molecule has 2 unspecified atom stereocenters. The zero-order valence-corrected chi connectivity index (χ0v) is 14.1. The number of likely N-dealkylation sites (tertiary alicyclic amines) is 1. The Hall–Kier alpha value is -2.03. The van der Waals surface area contributed by atoms with E-state index in [4.69, 9.17) is 0 Å². The minimum Gasteiger partial charge on any atom is -0.363 e. The fraction of sp³-hybridized carbons (Fsp3) is 0.500. The van der Waals surface area contributed by atoms with Crippen LogP contribution in [-0.4, -0.2) is 39.9 Å². The van der Waals surface area contributed by atoms with Gasteiger partial charge in [-0.15, -0.1) is 11.3 Å². The van der Waals surface area contributed by atoms with Crippen LogP contribution in [0.1, 0.15) is 46.7 Å². The van der Waals surface area contributed by atoms with Gasteiger partial charge in [0.2, 0.25) is 0 Å². The number of nitrogens with one attached hydrogen (secondary N) is 1. The highest BCUT2D eigenvalue weighted by atomic mass is 32.1. The van der Waals surface area contributed by atoms with E-state index in [2.05, 4.69) is 10.4 Å². The molecule has 0 radical (unpaired) electrons. The second-order valence-electron chi connectivity index (χ2n) is 6.36. The first-order valence-electron chi connectivity index (χ1n) is 8.19. The van der Waals surface area contributed by atoms with E-state index in [0.717, 1.165) is 22.4 Å². The maximum atomic E-state index is 13.6. The molecule has 5 nitrogen and oxygen atoms in total. The lowest BCUT2D eigenvalue weighted by molar-refractivity contribution is -0.173.